The van der Waals surface area contributed by atoms with Gasteiger partial charge in [-0.25, -0.2) is 0 Å². The molecule has 1 aromatic carbocycles. The summed E-state index contributed by atoms with van der Waals surface area (Å²) in [5.74, 6) is 0. The van der Waals surface area contributed by atoms with Crippen LogP contribution in [0.25, 0.3) is 0 Å². The van der Waals surface area contributed by atoms with Gasteiger partial charge in [0.15, 0.2) is 0 Å². The molecule has 0 radical (unpaired) electrons. The van der Waals surface area contributed by atoms with Crippen molar-refractivity contribution in [3.63, 3.8) is 0 Å². The van der Waals surface area contributed by atoms with Gasteiger partial charge in [0, 0.05) is 5.56 Å². The van der Waals surface area contributed by atoms with Gasteiger partial charge >= 0.3 is 6.18 Å². The van der Waals surface area contributed by atoms with E-state index in [0.29, 0.717) is 18.3 Å². The van der Waals surface area contributed by atoms with Crippen molar-refractivity contribution >= 4 is 6.29 Å². The fourth-order valence-electron chi connectivity index (χ4n) is 1.85. The van der Waals surface area contributed by atoms with Crippen LogP contribution < -0.4 is 0 Å². The molecular formula is C14H17F3O. The van der Waals surface area contributed by atoms with E-state index in [1.165, 1.54) is 6.07 Å². The maximum atomic E-state index is 12.5. The SMILES string of the molecule is CCCCCCc1ccc(C(F)(F)F)cc1C=O. The zero-order valence-corrected chi connectivity index (χ0v) is 10.4. The number of unbranched alkanes of at least 4 members (excludes halogenated alkanes) is 3. The number of aldehydes is 1. The lowest BCUT2D eigenvalue weighted by atomic mass is 9.99. The predicted octanol–water partition coefficient (Wildman–Crippen LogP) is 4.64. The molecule has 0 amide bonds. The Morgan fingerprint density at radius 1 is 1.17 bits per heavy atom. The minimum absolute atomic E-state index is 0.154. The summed E-state index contributed by atoms with van der Waals surface area (Å²) in [6.07, 6.45) is 0.926. The Hall–Kier alpha value is -1.32. The third-order valence-electron chi connectivity index (χ3n) is 2.90. The van der Waals surface area contributed by atoms with Gasteiger partial charge in [-0.1, -0.05) is 32.3 Å². The monoisotopic (exact) mass is 258 g/mol. The molecule has 18 heavy (non-hydrogen) atoms. The molecule has 0 aliphatic rings. The first-order chi connectivity index (χ1) is 8.49. The number of aryl methyl sites for hydroxylation is 1. The molecule has 0 heterocycles. The van der Waals surface area contributed by atoms with Crippen LogP contribution in [0, 0.1) is 0 Å². The number of carbonyl (C=O) groups is 1. The molecule has 4 heteroatoms. The summed E-state index contributed by atoms with van der Waals surface area (Å²) < 4.78 is 37.4. The van der Waals surface area contributed by atoms with Crippen LogP contribution in [0.2, 0.25) is 0 Å². The molecule has 0 atom stereocenters. The fourth-order valence-corrected chi connectivity index (χ4v) is 1.85. The van der Waals surface area contributed by atoms with E-state index in [-0.39, 0.29) is 5.56 Å². The molecule has 100 valence electrons. The van der Waals surface area contributed by atoms with Crippen molar-refractivity contribution in [2.24, 2.45) is 0 Å². The molecule has 0 unspecified atom stereocenters. The Morgan fingerprint density at radius 2 is 1.89 bits per heavy atom. The number of benzene rings is 1. The summed E-state index contributed by atoms with van der Waals surface area (Å²) in [5, 5.41) is 0. The van der Waals surface area contributed by atoms with E-state index in [2.05, 4.69) is 6.92 Å². The zero-order valence-electron chi connectivity index (χ0n) is 10.4. The minimum Gasteiger partial charge on any atom is -0.298 e. The van der Waals surface area contributed by atoms with Gasteiger partial charge in [-0.15, -0.1) is 0 Å². The van der Waals surface area contributed by atoms with Gasteiger partial charge in [0.25, 0.3) is 0 Å². The smallest absolute Gasteiger partial charge is 0.298 e. The lowest BCUT2D eigenvalue weighted by Crippen LogP contribution is -2.06. The standard InChI is InChI=1S/C14H17F3O/c1-2-3-4-5-6-11-7-8-13(14(15,16)17)9-12(11)10-18/h7-10H,2-6H2,1H3. The number of carbonyl (C=O) groups excluding carboxylic acids is 1. The average molecular weight is 258 g/mol. The Balaban J connectivity index is 2.78. The first-order valence-electron chi connectivity index (χ1n) is 6.14. The summed E-state index contributed by atoms with van der Waals surface area (Å²) in [5.41, 5.74) is 0.0948. The molecule has 0 saturated carbocycles. The van der Waals surface area contributed by atoms with Crippen molar-refractivity contribution < 1.29 is 18.0 Å². The predicted molar refractivity (Wildman–Crippen MR) is 64.7 cm³/mol. The van der Waals surface area contributed by atoms with E-state index in [0.717, 1.165) is 37.8 Å². The molecule has 0 fully saturated rings. The summed E-state index contributed by atoms with van der Waals surface area (Å²) in [6, 6.07) is 3.39. The molecule has 0 saturated heterocycles. The second-order valence-electron chi connectivity index (χ2n) is 4.34. The van der Waals surface area contributed by atoms with Crippen LogP contribution in [0.3, 0.4) is 0 Å². The summed E-state index contributed by atoms with van der Waals surface area (Å²) in [7, 11) is 0. The van der Waals surface area contributed by atoms with Crippen LogP contribution in [0.4, 0.5) is 13.2 Å². The molecule has 0 spiro atoms. The first kappa shape index (κ1) is 14.7. The van der Waals surface area contributed by atoms with Gasteiger partial charge < -0.3 is 0 Å². The molecule has 0 aliphatic carbocycles. The maximum Gasteiger partial charge on any atom is 0.416 e. The quantitative estimate of drug-likeness (QED) is 0.536. The number of halogens is 3. The topological polar surface area (TPSA) is 17.1 Å². The summed E-state index contributed by atoms with van der Waals surface area (Å²) >= 11 is 0. The van der Waals surface area contributed by atoms with Crippen LogP contribution in [0.5, 0.6) is 0 Å². The normalized spacial score (nSPS) is 11.6. The fraction of sp³-hybridized carbons (Fsp3) is 0.500. The van der Waals surface area contributed by atoms with Crippen molar-refractivity contribution in [2.75, 3.05) is 0 Å². The number of hydrogen-bond donors (Lipinski definition) is 0. The number of rotatable bonds is 6. The highest BCUT2D eigenvalue weighted by molar-refractivity contribution is 5.77. The van der Waals surface area contributed by atoms with Crippen LogP contribution in [0.1, 0.15) is 54.1 Å². The average Bonchev–Trinajstić information content (AvgIpc) is 2.33. The largest absolute Gasteiger partial charge is 0.416 e. The van der Waals surface area contributed by atoms with Crippen LogP contribution >= 0.6 is 0 Å². The molecule has 1 aromatic rings. The molecule has 1 rings (SSSR count). The van der Waals surface area contributed by atoms with Crippen molar-refractivity contribution in [1.29, 1.82) is 0 Å². The van der Waals surface area contributed by atoms with E-state index >= 15 is 0 Å². The first-order valence-corrected chi connectivity index (χ1v) is 6.14. The van der Waals surface area contributed by atoms with Gasteiger partial charge in [0.1, 0.15) is 6.29 Å². The van der Waals surface area contributed by atoms with Crippen molar-refractivity contribution in [1.82, 2.24) is 0 Å². The lowest BCUT2D eigenvalue weighted by molar-refractivity contribution is -0.137. The van der Waals surface area contributed by atoms with E-state index in [4.69, 9.17) is 0 Å². The maximum absolute atomic E-state index is 12.5. The highest BCUT2D eigenvalue weighted by Gasteiger charge is 2.30. The Bertz CT molecular complexity index is 397. The van der Waals surface area contributed by atoms with Gasteiger partial charge in [-0.2, -0.15) is 13.2 Å². The third-order valence-corrected chi connectivity index (χ3v) is 2.90. The van der Waals surface area contributed by atoms with E-state index in [1.807, 2.05) is 0 Å². The Morgan fingerprint density at radius 3 is 2.44 bits per heavy atom. The summed E-state index contributed by atoms with van der Waals surface area (Å²) in [4.78, 5) is 10.8. The van der Waals surface area contributed by atoms with Gasteiger partial charge in [-0.05, 0) is 30.5 Å². The van der Waals surface area contributed by atoms with Crippen LogP contribution in [0.15, 0.2) is 18.2 Å². The lowest BCUT2D eigenvalue weighted by Gasteiger charge is -2.10. The third kappa shape index (κ3) is 4.17. The number of alkyl halides is 3. The molecule has 0 bridgehead atoms. The highest BCUT2D eigenvalue weighted by atomic mass is 19.4. The van der Waals surface area contributed by atoms with Crippen LogP contribution in [-0.2, 0) is 12.6 Å². The molecule has 0 aliphatic heterocycles. The second-order valence-corrected chi connectivity index (χ2v) is 4.34. The highest BCUT2D eigenvalue weighted by Crippen LogP contribution is 2.30. The molecular weight excluding hydrogens is 241 g/mol. The van der Waals surface area contributed by atoms with Crippen LogP contribution in [-0.4, -0.2) is 6.29 Å². The molecule has 0 N–H and O–H groups in total. The summed E-state index contributed by atoms with van der Waals surface area (Å²) in [6.45, 7) is 2.09. The molecule has 0 aromatic heterocycles. The van der Waals surface area contributed by atoms with Gasteiger partial charge in [0.2, 0.25) is 0 Å². The number of hydrogen-bond acceptors (Lipinski definition) is 1. The molecule has 1 nitrogen and oxygen atoms in total. The van der Waals surface area contributed by atoms with Gasteiger partial charge in [-0.3, -0.25) is 4.79 Å². The second kappa shape index (κ2) is 6.57. The Labute approximate surface area is 105 Å². The van der Waals surface area contributed by atoms with Crippen molar-refractivity contribution in [2.45, 2.75) is 45.2 Å². The van der Waals surface area contributed by atoms with E-state index in [9.17, 15) is 18.0 Å². The van der Waals surface area contributed by atoms with Crippen molar-refractivity contribution in [3.8, 4) is 0 Å². The van der Waals surface area contributed by atoms with E-state index < -0.39 is 11.7 Å². The van der Waals surface area contributed by atoms with Crippen molar-refractivity contribution in [3.05, 3.63) is 34.9 Å². The van der Waals surface area contributed by atoms with E-state index in [1.54, 1.807) is 0 Å². The zero-order chi connectivity index (χ0) is 13.6. The minimum atomic E-state index is -4.39. The Kier molecular flexibility index (Phi) is 5.38. The van der Waals surface area contributed by atoms with Gasteiger partial charge in [0.05, 0.1) is 5.56 Å².